The molecule has 0 aliphatic heterocycles. The van der Waals surface area contributed by atoms with Gasteiger partial charge in [0.1, 0.15) is 5.75 Å². The summed E-state index contributed by atoms with van der Waals surface area (Å²) in [5, 5.41) is 0. The van der Waals surface area contributed by atoms with Crippen LogP contribution in [0.5, 0.6) is 5.75 Å². The topological polar surface area (TPSA) is 18.5 Å². The lowest BCUT2D eigenvalue weighted by Crippen LogP contribution is -2.10. The smallest absolute Gasteiger partial charge is 0.209 e. The summed E-state index contributed by atoms with van der Waals surface area (Å²) in [6, 6.07) is 9.47. The lowest BCUT2D eigenvalue weighted by molar-refractivity contribution is 0.0430. The van der Waals surface area contributed by atoms with Gasteiger partial charge in [-0.1, -0.05) is 18.2 Å². The second-order valence-corrected chi connectivity index (χ2v) is 2.31. The Morgan fingerprint density at radius 3 is 2.45 bits per heavy atom. The Hall–Kier alpha value is -0.670. The number of hydrogen-bond donors (Lipinski definition) is 1. The van der Waals surface area contributed by atoms with Gasteiger partial charge < -0.3 is 4.74 Å². The van der Waals surface area contributed by atoms with E-state index in [0.717, 1.165) is 5.75 Å². The van der Waals surface area contributed by atoms with Crippen molar-refractivity contribution >= 4 is 12.9 Å². The van der Waals surface area contributed by atoms with Gasteiger partial charge in [-0.15, -0.1) is 0 Å². The molecule has 0 N–H and O–H groups in total. The number of ether oxygens (including phenoxy) is 1. The van der Waals surface area contributed by atoms with Crippen LogP contribution < -0.4 is 4.74 Å². The van der Waals surface area contributed by atoms with Crippen molar-refractivity contribution in [3.8, 4) is 5.75 Å². The summed E-state index contributed by atoms with van der Waals surface area (Å²) in [5.74, 6) is 0.786. The molecule has 0 heterocycles. The van der Waals surface area contributed by atoms with E-state index in [4.69, 9.17) is 4.74 Å². The van der Waals surface area contributed by atoms with Gasteiger partial charge in [0.25, 0.3) is 0 Å². The molecule has 1 aromatic carbocycles. The highest BCUT2D eigenvalue weighted by Crippen LogP contribution is 2.11. The highest BCUT2D eigenvalue weighted by molar-refractivity contribution is 7.75. The van der Waals surface area contributed by atoms with Crippen molar-refractivity contribution in [3.05, 3.63) is 30.3 Å². The highest BCUT2D eigenvalue weighted by Gasteiger charge is 1.99. The van der Waals surface area contributed by atoms with E-state index in [2.05, 4.69) is 17.1 Å². The molecular formula is C8H10O2S. The molecule has 1 aromatic rings. The molecule has 60 valence electrons. The van der Waals surface area contributed by atoms with Crippen LogP contribution in [0.15, 0.2) is 30.3 Å². The summed E-state index contributed by atoms with van der Waals surface area (Å²) < 4.78 is 9.89. The zero-order chi connectivity index (χ0) is 8.10. The van der Waals surface area contributed by atoms with E-state index in [9.17, 15) is 0 Å². The van der Waals surface area contributed by atoms with Gasteiger partial charge >= 0.3 is 0 Å². The quantitative estimate of drug-likeness (QED) is 0.426. The molecule has 0 saturated heterocycles. The lowest BCUT2D eigenvalue weighted by Gasteiger charge is -2.10. The summed E-state index contributed by atoms with van der Waals surface area (Å²) >= 11 is 3.62. The Balaban J connectivity index is 2.51. The SMILES string of the molecule is CC(OS)Oc1ccccc1. The molecule has 0 saturated carbocycles. The number of rotatable bonds is 3. The minimum atomic E-state index is -0.319. The largest absolute Gasteiger partial charge is 0.464 e. The zero-order valence-electron chi connectivity index (χ0n) is 6.23. The summed E-state index contributed by atoms with van der Waals surface area (Å²) in [4.78, 5) is 0. The number of hydrogen-bond acceptors (Lipinski definition) is 3. The second-order valence-electron chi connectivity index (χ2n) is 2.10. The number of benzene rings is 1. The van der Waals surface area contributed by atoms with Crippen LogP contribution in [-0.2, 0) is 4.18 Å². The van der Waals surface area contributed by atoms with Crippen molar-refractivity contribution < 1.29 is 8.92 Å². The molecule has 11 heavy (non-hydrogen) atoms. The van der Waals surface area contributed by atoms with Gasteiger partial charge in [-0.25, -0.2) is 0 Å². The lowest BCUT2D eigenvalue weighted by atomic mass is 10.3. The second kappa shape index (κ2) is 4.26. The van der Waals surface area contributed by atoms with Crippen LogP contribution in [-0.4, -0.2) is 6.29 Å². The zero-order valence-corrected chi connectivity index (χ0v) is 7.12. The normalized spacial score (nSPS) is 12.5. The molecular weight excluding hydrogens is 160 g/mol. The molecule has 0 fully saturated rings. The Morgan fingerprint density at radius 2 is 1.91 bits per heavy atom. The predicted octanol–water partition coefficient (Wildman–Crippen LogP) is 2.27. The standard InChI is InChI=1S/C8H10O2S/c1-7(10-11)9-8-5-3-2-4-6-8/h2-7,11H,1H3. The van der Waals surface area contributed by atoms with Crippen LogP contribution in [0, 0.1) is 0 Å². The van der Waals surface area contributed by atoms with Crippen LogP contribution in [0.1, 0.15) is 6.92 Å². The van der Waals surface area contributed by atoms with Gasteiger partial charge in [0.15, 0.2) is 0 Å². The van der Waals surface area contributed by atoms with Crippen molar-refractivity contribution in [2.75, 3.05) is 0 Å². The molecule has 3 heteroatoms. The Labute approximate surface area is 71.8 Å². The minimum Gasteiger partial charge on any atom is -0.464 e. The van der Waals surface area contributed by atoms with Crippen molar-refractivity contribution in [3.63, 3.8) is 0 Å². The average Bonchev–Trinajstić information content (AvgIpc) is 2.06. The van der Waals surface area contributed by atoms with E-state index in [1.54, 1.807) is 6.92 Å². The van der Waals surface area contributed by atoms with Gasteiger partial charge in [0.2, 0.25) is 6.29 Å². The fraction of sp³-hybridized carbons (Fsp3) is 0.250. The Morgan fingerprint density at radius 1 is 1.27 bits per heavy atom. The molecule has 0 aliphatic rings. The van der Waals surface area contributed by atoms with E-state index in [-0.39, 0.29) is 6.29 Å². The van der Waals surface area contributed by atoms with Gasteiger partial charge in [-0.2, -0.15) is 0 Å². The molecule has 2 nitrogen and oxygen atoms in total. The van der Waals surface area contributed by atoms with E-state index in [0.29, 0.717) is 0 Å². The van der Waals surface area contributed by atoms with Gasteiger partial charge in [0.05, 0.1) is 0 Å². The molecule has 1 rings (SSSR count). The van der Waals surface area contributed by atoms with Crippen LogP contribution >= 0.6 is 12.9 Å². The van der Waals surface area contributed by atoms with Gasteiger partial charge in [0, 0.05) is 0 Å². The highest BCUT2D eigenvalue weighted by atomic mass is 32.1. The van der Waals surface area contributed by atoms with E-state index >= 15 is 0 Å². The van der Waals surface area contributed by atoms with E-state index < -0.39 is 0 Å². The first-order valence-electron chi connectivity index (χ1n) is 3.35. The van der Waals surface area contributed by atoms with Crippen molar-refractivity contribution in [1.82, 2.24) is 0 Å². The number of thiol groups is 1. The third-order valence-corrected chi connectivity index (χ3v) is 1.49. The van der Waals surface area contributed by atoms with E-state index in [1.165, 1.54) is 0 Å². The molecule has 0 amide bonds. The van der Waals surface area contributed by atoms with Crippen LogP contribution in [0.2, 0.25) is 0 Å². The molecule has 0 aromatic heterocycles. The minimum absolute atomic E-state index is 0.319. The van der Waals surface area contributed by atoms with Crippen LogP contribution in [0.25, 0.3) is 0 Å². The van der Waals surface area contributed by atoms with Crippen molar-refractivity contribution in [2.24, 2.45) is 0 Å². The van der Waals surface area contributed by atoms with E-state index in [1.807, 2.05) is 30.3 Å². The number of para-hydroxylation sites is 1. The first-order chi connectivity index (χ1) is 5.33. The molecule has 0 aliphatic carbocycles. The maximum Gasteiger partial charge on any atom is 0.209 e. The Kier molecular flexibility index (Phi) is 3.26. The van der Waals surface area contributed by atoms with Gasteiger partial charge in [-0.3, -0.25) is 4.18 Å². The average molecular weight is 170 g/mol. The summed E-state index contributed by atoms with van der Waals surface area (Å²) in [7, 11) is 0. The first-order valence-corrected chi connectivity index (χ1v) is 3.71. The third-order valence-electron chi connectivity index (χ3n) is 1.19. The first kappa shape index (κ1) is 8.43. The summed E-state index contributed by atoms with van der Waals surface area (Å²) in [6.07, 6.45) is -0.319. The maximum atomic E-state index is 5.26. The third kappa shape index (κ3) is 2.82. The van der Waals surface area contributed by atoms with Gasteiger partial charge in [-0.05, 0) is 32.0 Å². The molecule has 0 spiro atoms. The van der Waals surface area contributed by atoms with Crippen LogP contribution in [0.4, 0.5) is 0 Å². The summed E-state index contributed by atoms with van der Waals surface area (Å²) in [6.45, 7) is 1.78. The molecule has 1 atom stereocenters. The summed E-state index contributed by atoms with van der Waals surface area (Å²) in [5.41, 5.74) is 0. The fourth-order valence-corrected chi connectivity index (χ4v) is 0.755. The van der Waals surface area contributed by atoms with Crippen molar-refractivity contribution in [1.29, 1.82) is 0 Å². The van der Waals surface area contributed by atoms with Crippen LogP contribution in [0.3, 0.4) is 0 Å². The Bertz CT molecular complexity index is 201. The van der Waals surface area contributed by atoms with Crippen molar-refractivity contribution in [2.45, 2.75) is 13.2 Å². The molecule has 0 radical (unpaired) electrons. The maximum absolute atomic E-state index is 5.26. The fourth-order valence-electron chi connectivity index (χ4n) is 0.712. The predicted molar refractivity (Wildman–Crippen MR) is 46.6 cm³/mol. The molecule has 0 bridgehead atoms. The molecule has 1 unspecified atom stereocenters. The monoisotopic (exact) mass is 170 g/mol.